The maximum Gasteiger partial charge on any atom is 0.222 e. The van der Waals surface area contributed by atoms with E-state index in [4.69, 9.17) is 4.74 Å². The number of hydrogen-bond acceptors (Lipinski definition) is 4. The van der Waals surface area contributed by atoms with Gasteiger partial charge in [-0.1, -0.05) is 19.3 Å². The molecule has 0 radical (unpaired) electrons. The number of piperidine rings is 1. The summed E-state index contributed by atoms with van der Waals surface area (Å²) < 4.78 is 5.60. The van der Waals surface area contributed by atoms with Crippen molar-refractivity contribution in [2.75, 3.05) is 26.3 Å². The van der Waals surface area contributed by atoms with Crippen molar-refractivity contribution in [3.05, 3.63) is 0 Å². The quantitative estimate of drug-likeness (QED) is 0.850. The summed E-state index contributed by atoms with van der Waals surface area (Å²) in [6, 6.07) is 1.51. The molecule has 5 nitrogen and oxygen atoms in total. The maximum absolute atomic E-state index is 12.5. The minimum absolute atomic E-state index is 0.245. The fraction of sp³-hybridized carbons (Fsp3) is 0.950. The lowest BCUT2D eigenvalue weighted by Gasteiger charge is -2.46. The second-order valence-electron chi connectivity index (χ2n) is 8.68. The van der Waals surface area contributed by atoms with Gasteiger partial charge in [0.05, 0.1) is 19.4 Å². The van der Waals surface area contributed by atoms with Gasteiger partial charge in [0, 0.05) is 37.6 Å². The van der Waals surface area contributed by atoms with Gasteiger partial charge in [0.25, 0.3) is 0 Å². The highest BCUT2D eigenvalue weighted by Gasteiger charge is 2.41. The van der Waals surface area contributed by atoms with Crippen LogP contribution in [0.15, 0.2) is 0 Å². The molecule has 0 aromatic rings. The van der Waals surface area contributed by atoms with Crippen molar-refractivity contribution in [2.45, 2.75) is 89.0 Å². The zero-order valence-electron chi connectivity index (χ0n) is 15.8. The van der Waals surface area contributed by atoms with Crippen molar-refractivity contribution in [3.8, 4) is 0 Å². The lowest BCUT2D eigenvalue weighted by molar-refractivity contribution is -0.130. The minimum Gasteiger partial charge on any atom is -0.379 e. The Labute approximate surface area is 152 Å². The molecule has 142 valence electrons. The van der Waals surface area contributed by atoms with Gasteiger partial charge in [-0.3, -0.25) is 14.6 Å². The number of carbonyl (C=O) groups excluding carboxylic acids is 1. The molecule has 4 aliphatic rings. The zero-order chi connectivity index (χ0) is 17.2. The lowest BCUT2D eigenvalue weighted by Crippen LogP contribution is -2.61. The molecule has 5 heteroatoms. The zero-order valence-corrected chi connectivity index (χ0v) is 15.8. The van der Waals surface area contributed by atoms with Gasteiger partial charge in [-0.15, -0.1) is 0 Å². The van der Waals surface area contributed by atoms with Crippen LogP contribution in [0.4, 0.5) is 0 Å². The number of ether oxygens (including phenoxy) is 1. The number of nitrogens with one attached hydrogen (secondary N) is 1. The molecule has 3 aliphatic heterocycles. The van der Waals surface area contributed by atoms with Crippen molar-refractivity contribution in [3.63, 3.8) is 0 Å². The molecule has 1 amide bonds. The van der Waals surface area contributed by atoms with E-state index in [1.807, 2.05) is 0 Å². The van der Waals surface area contributed by atoms with Gasteiger partial charge in [-0.2, -0.15) is 0 Å². The monoisotopic (exact) mass is 349 g/mol. The van der Waals surface area contributed by atoms with Crippen LogP contribution in [-0.2, 0) is 9.53 Å². The van der Waals surface area contributed by atoms with Crippen LogP contribution in [0.1, 0.15) is 64.7 Å². The SMILES string of the molecule is C[C@@H]1COCCN1C1CC(=O)NC(N2CCCC2C2CCCCC2)C1. The first-order valence-electron chi connectivity index (χ1n) is 10.6. The Kier molecular flexibility index (Phi) is 5.63. The molecule has 4 atom stereocenters. The molecular formula is C20H35N3O2. The van der Waals surface area contributed by atoms with Gasteiger partial charge in [-0.05, 0) is 44.9 Å². The van der Waals surface area contributed by atoms with Crippen molar-refractivity contribution >= 4 is 5.91 Å². The second kappa shape index (κ2) is 7.93. The highest BCUT2D eigenvalue weighted by Crippen LogP contribution is 2.36. The molecule has 0 spiro atoms. The Morgan fingerprint density at radius 2 is 1.88 bits per heavy atom. The third-order valence-corrected chi connectivity index (χ3v) is 7.07. The Hall–Kier alpha value is -0.650. The van der Waals surface area contributed by atoms with Crippen molar-refractivity contribution in [1.29, 1.82) is 0 Å². The fourth-order valence-corrected chi connectivity index (χ4v) is 5.84. The number of likely N-dealkylation sites (tertiary alicyclic amines) is 1. The number of amides is 1. The Morgan fingerprint density at radius 3 is 2.68 bits per heavy atom. The Balaban J connectivity index is 1.44. The highest BCUT2D eigenvalue weighted by atomic mass is 16.5. The van der Waals surface area contributed by atoms with E-state index in [1.54, 1.807) is 0 Å². The molecule has 0 aromatic carbocycles. The van der Waals surface area contributed by atoms with E-state index in [9.17, 15) is 4.79 Å². The summed E-state index contributed by atoms with van der Waals surface area (Å²) in [7, 11) is 0. The van der Waals surface area contributed by atoms with Crippen molar-refractivity contribution < 1.29 is 9.53 Å². The van der Waals surface area contributed by atoms with E-state index in [2.05, 4.69) is 22.0 Å². The first-order valence-corrected chi connectivity index (χ1v) is 10.6. The first-order chi connectivity index (χ1) is 12.2. The predicted octanol–water partition coefficient (Wildman–Crippen LogP) is 2.36. The highest BCUT2D eigenvalue weighted by molar-refractivity contribution is 5.77. The molecular weight excluding hydrogens is 314 g/mol. The first kappa shape index (κ1) is 17.7. The summed E-state index contributed by atoms with van der Waals surface area (Å²) in [5, 5.41) is 3.34. The number of carbonyl (C=O) groups is 1. The van der Waals surface area contributed by atoms with Gasteiger partial charge in [-0.25, -0.2) is 0 Å². The fourth-order valence-electron chi connectivity index (χ4n) is 5.84. The summed E-state index contributed by atoms with van der Waals surface area (Å²) in [4.78, 5) is 17.7. The molecule has 3 heterocycles. The van der Waals surface area contributed by atoms with Gasteiger partial charge in [0.15, 0.2) is 0 Å². The molecule has 4 fully saturated rings. The predicted molar refractivity (Wildman–Crippen MR) is 98.2 cm³/mol. The molecule has 1 aliphatic carbocycles. The van der Waals surface area contributed by atoms with E-state index in [0.29, 0.717) is 24.5 Å². The molecule has 3 saturated heterocycles. The minimum atomic E-state index is 0.245. The van der Waals surface area contributed by atoms with Gasteiger partial charge in [0.1, 0.15) is 0 Å². The summed E-state index contributed by atoms with van der Waals surface area (Å²) in [6.07, 6.45) is 11.6. The molecule has 25 heavy (non-hydrogen) atoms. The van der Waals surface area contributed by atoms with Crippen molar-refractivity contribution in [1.82, 2.24) is 15.1 Å². The van der Waals surface area contributed by atoms with Crippen LogP contribution < -0.4 is 5.32 Å². The van der Waals surface area contributed by atoms with Crippen molar-refractivity contribution in [2.24, 2.45) is 5.92 Å². The van der Waals surface area contributed by atoms with E-state index < -0.39 is 0 Å². The topological polar surface area (TPSA) is 44.8 Å². The normalized spacial score (nSPS) is 39.5. The van der Waals surface area contributed by atoms with Crippen LogP contribution in [-0.4, -0.2) is 66.3 Å². The standard InChI is InChI=1S/C20H35N3O2/c1-15-14-25-11-10-22(15)17-12-19(21-20(24)13-17)23-9-5-8-18(23)16-6-3-2-4-7-16/h15-19H,2-14H2,1H3,(H,21,24)/t15-,17?,18?,19?/m1/s1. The molecule has 1 saturated carbocycles. The van der Waals surface area contributed by atoms with Crippen LogP contribution >= 0.6 is 0 Å². The van der Waals surface area contributed by atoms with E-state index in [1.165, 1.54) is 44.9 Å². The van der Waals surface area contributed by atoms with Crippen LogP contribution in [0.3, 0.4) is 0 Å². The van der Waals surface area contributed by atoms with Crippen LogP contribution in [0, 0.1) is 5.92 Å². The molecule has 3 unspecified atom stereocenters. The largest absolute Gasteiger partial charge is 0.379 e. The average Bonchev–Trinajstić information content (AvgIpc) is 3.12. The lowest BCUT2D eigenvalue weighted by atomic mass is 9.82. The molecule has 4 rings (SSSR count). The van der Waals surface area contributed by atoms with Crippen LogP contribution in [0.2, 0.25) is 0 Å². The summed E-state index contributed by atoms with van der Waals surface area (Å²) >= 11 is 0. The third-order valence-electron chi connectivity index (χ3n) is 7.07. The van der Waals surface area contributed by atoms with E-state index in [0.717, 1.165) is 38.6 Å². The molecule has 0 bridgehead atoms. The second-order valence-corrected chi connectivity index (χ2v) is 8.68. The Morgan fingerprint density at radius 1 is 1.04 bits per heavy atom. The summed E-state index contributed by atoms with van der Waals surface area (Å²) in [5.74, 6) is 1.10. The van der Waals surface area contributed by atoms with Gasteiger partial charge < -0.3 is 10.1 Å². The number of nitrogens with zero attached hydrogens (tertiary/aromatic N) is 2. The number of rotatable bonds is 3. The Bertz CT molecular complexity index is 466. The van der Waals surface area contributed by atoms with Crippen LogP contribution in [0.5, 0.6) is 0 Å². The summed E-state index contributed by atoms with van der Waals surface area (Å²) in [5.41, 5.74) is 0. The maximum atomic E-state index is 12.5. The molecule has 1 N–H and O–H groups in total. The molecule has 0 aromatic heterocycles. The van der Waals surface area contributed by atoms with E-state index in [-0.39, 0.29) is 12.1 Å². The smallest absolute Gasteiger partial charge is 0.222 e. The van der Waals surface area contributed by atoms with Gasteiger partial charge >= 0.3 is 0 Å². The number of morpholine rings is 1. The van der Waals surface area contributed by atoms with Gasteiger partial charge in [0.2, 0.25) is 5.91 Å². The third kappa shape index (κ3) is 3.88. The van der Waals surface area contributed by atoms with E-state index >= 15 is 0 Å². The summed E-state index contributed by atoms with van der Waals surface area (Å²) in [6.45, 7) is 5.98. The average molecular weight is 350 g/mol. The van der Waals surface area contributed by atoms with Crippen LogP contribution in [0.25, 0.3) is 0 Å². The number of hydrogen-bond donors (Lipinski definition) is 1.